The largest absolute Gasteiger partial charge is 0.475 e. The number of benzene rings is 2. The number of aryl methyl sites for hydroxylation is 1. The van der Waals surface area contributed by atoms with Gasteiger partial charge in [-0.2, -0.15) is 9.97 Å². The molecule has 3 atom stereocenters. The Balaban J connectivity index is 1.43. The van der Waals surface area contributed by atoms with Gasteiger partial charge in [0, 0.05) is 39.3 Å². The minimum Gasteiger partial charge on any atom is -0.475 e. The summed E-state index contributed by atoms with van der Waals surface area (Å²) in [7, 11) is 3.28. The standard InChI is InChI=1S/C34H38F3N5O5/c1-4-23-25(36)7-6-19-12-22(47-18-44-3)13-24(26(19)23)29-28(37)30-27-31(41(2)21(8-11-43)16-45-32(27)38-29)40-33(39-30)46-17-34-9-5-10-42(34)15-20(35)14-34/h6-7,12-13,20-21,43H,4-5,8-11,14-18H2,1-3H3/t20-,21+,34+/m1/s1. The third-order valence-corrected chi connectivity index (χ3v) is 9.79. The van der Waals surface area contributed by atoms with Gasteiger partial charge in [-0.15, -0.1) is 0 Å². The summed E-state index contributed by atoms with van der Waals surface area (Å²) in [6.45, 7) is 3.14. The van der Waals surface area contributed by atoms with Gasteiger partial charge >= 0.3 is 6.01 Å². The quantitative estimate of drug-likeness (QED) is 0.230. The molecule has 3 aliphatic heterocycles. The average Bonchev–Trinajstić information content (AvgIpc) is 3.56. The van der Waals surface area contributed by atoms with Crippen LogP contribution in [-0.2, 0) is 11.2 Å². The highest BCUT2D eigenvalue weighted by atomic mass is 19.1. The Morgan fingerprint density at radius 2 is 1.98 bits per heavy atom. The van der Waals surface area contributed by atoms with Gasteiger partial charge < -0.3 is 29.0 Å². The number of aliphatic hydroxyl groups is 1. The van der Waals surface area contributed by atoms with E-state index in [4.69, 9.17) is 28.9 Å². The van der Waals surface area contributed by atoms with Crippen LogP contribution in [0.15, 0.2) is 24.3 Å². The van der Waals surface area contributed by atoms with Crippen LogP contribution in [0.3, 0.4) is 0 Å². The highest BCUT2D eigenvalue weighted by molar-refractivity contribution is 6.03. The summed E-state index contributed by atoms with van der Waals surface area (Å²) >= 11 is 0. The van der Waals surface area contributed by atoms with Crippen molar-refractivity contribution >= 4 is 27.5 Å². The van der Waals surface area contributed by atoms with E-state index in [0.717, 1.165) is 19.4 Å². The molecule has 4 aromatic rings. The van der Waals surface area contributed by atoms with E-state index < -0.39 is 23.3 Å². The van der Waals surface area contributed by atoms with E-state index in [1.54, 1.807) is 25.2 Å². The Morgan fingerprint density at radius 1 is 1.13 bits per heavy atom. The highest BCUT2D eigenvalue weighted by Crippen LogP contribution is 2.44. The second kappa shape index (κ2) is 12.6. The molecule has 0 amide bonds. The Labute approximate surface area is 270 Å². The number of aliphatic hydroxyl groups excluding tert-OH is 1. The van der Waals surface area contributed by atoms with E-state index in [0.29, 0.717) is 59.3 Å². The van der Waals surface area contributed by atoms with Crippen molar-refractivity contribution in [3.63, 3.8) is 0 Å². The number of anilines is 1. The summed E-state index contributed by atoms with van der Waals surface area (Å²) in [4.78, 5) is 17.9. The average molecular weight is 654 g/mol. The van der Waals surface area contributed by atoms with Gasteiger partial charge in [-0.25, -0.2) is 18.2 Å². The second-order valence-electron chi connectivity index (χ2n) is 12.6. The topological polar surface area (TPSA) is 102 Å². The second-order valence-corrected chi connectivity index (χ2v) is 12.6. The number of pyridine rings is 1. The Kier molecular flexibility index (Phi) is 8.48. The van der Waals surface area contributed by atoms with E-state index in [1.165, 1.54) is 13.2 Å². The Bertz CT molecular complexity index is 1830. The zero-order valence-corrected chi connectivity index (χ0v) is 26.7. The normalized spacial score (nSPS) is 22.5. The molecule has 3 aliphatic rings. The van der Waals surface area contributed by atoms with Crippen LogP contribution in [0.25, 0.3) is 32.9 Å². The van der Waals surface area contributed by atoms with Gasteiger partial charge in [0.2, 0.25) is 5.88 Å². The fourth-order valence-electron chi connectivity index (χ4n) is 7.47. The minimum atomic E-state index is -0.937. The molecule has 2 fully saturated rings. The van der Waals surface area contributed by atoms with E-state index in [-0.39, 0.29) is 61.1 Å². The van der Waals surface area contributed by atoms with Crippen LogP contribution in [0.5, 0.6) is 17.6 Å². The van der Waals surface area contributed by atoms with Crippen molar-refractivity contribution in [2.45, 2.75) is 56.8 Å². The lowest BCUT2D eigenvalue weighted by Crippen LogP contribution is -2.43. The first-order valence-electron chi connectivity index (χ1n) is 16.0. The molecule has 250 valence electrons. The maximum atomic E-state index is 17.1. The molecular formula is C34H38F3N5O5. The summed E-state index contributed by atoms with van der Waals surface area (Å²) in [6, 6.07) is 5.99. The molecule has 0 saturated carbocycles. The molecule has 2 aromatic heterocycles. The number of methoxy groups -OCH3 is 1. The van der Waals surface area contributed by atoms with Gasteiger partial charge in [-0.05, 0) is 66.8 Å². The van der Waals surface area contributed by atoms with Gasteiger partial charge in [-0.1, -0.05) is 13.0 Å². The number of hydrogen-bond acceptors (Lipinski definition) is 10. The first kappa shape index (κ1) is 31.6. The molecule has 13 heteroatoms. The number of aromatic nitrogens is 3. The number of ether oxygens (including phenoxy) is 4. The van der Waals surface area contributed by atoms with Crippen molar-refractivity contribution in [2.75, 3.05) is 58.8 Å². The lowest BCUT2D eigenvalue weighted by Gasteiger charge is -2.31. The number of hydrogen-bond donors (Lipinski definition) is 1. The Morgan fingerprint density at radius 3 is 2.77 bits per heavy atom. The number of fused-ring (bicyclic) bond motifs is 2. The number of alkyl halides is 1. The van der Waals surface area contributed by atoms with Gasteiger partial charge in [0.25, 0.3) is 0 Å². The van der Waals surface area contributed by atoms with Crippen LogP contribution in [-0.4, -0.2) is 96.6 Å². The van der Waals surface area contributed by atoms with Gasteiger partial charge in [0.05, 0.1) is 11.6 Å². The lowest BCUT2D eigenvalue weighted by atomic mass is 9.94. The minimum absolute atomic E-state index is 0.0489. The molecule has 7 rings (SSSR count). The molecular weight excluding hydrogens is 615 g/mol. The molecule has 2 saturated heterocycles. The maximum Gasteiger partial charge on any atom is 0.319 e. The summed E-state index contributed by atoms with van der Waals surface area (Å²) in [5, 5.41) is 11.2. The third kappa shape index (κ3) is 5.47. The molecule has 1 N–H and O–H groups in total. The van der Waals surface area contributed by atoms with Crippen molar-refractivity contribution < 1.29 is 37.2 Å². The summed E-state index contributed by atoms with van der Waals surface area (Å²) < 4.78 is 70.0. The van der Waals surface area contributed by atoms with E-state index in [9.17, 15) is 9.50 Å². The third-order valence-electron chi connectivity index (χ3n) is 9.79. The van der Waals surface area contributed by atoms with Crippen molar-refractivity contribution in [3.05, 3.63) is 41.5 Å². The molecule has 0 spiro atoms. The molecule has 2 aromatic carbocycles. The van der Waals surface area contributed by atoms with Crippen molar-refractivity contribution in [2.24, 2.45) is 0 Å². The molecule has 5 heterocycles. The summed E-state index contributed by atoms with van der Waals surface area (Å²) in [6.07, 6.45) is 1.86. The molecule has 0 unspecified atom stereocenters. The predicted octanol–water partition coefficient (Wildman–Crippen LogP) is 5.20. The molecule has 0 radical (unpaired) electrons. The highest BCUT2D eigenvalue weighted by Gasteiger charge is 2.49. The fourth-order valence-corrected chi connectivity index (χ4v) is 7.47. The van der Waals surface area contributed by atoms with E-state index in [2.05, 4.69) is 9.88 Å². The van der Waals surface area contributed by atoms with Crippen LogP contribution in [0.2, 0.25) is 0 Å². The van der Waals surface area contributed by atoms with E-state index >= 15 is 8.78 Å². The van der Waals surface area contributed by atoms with Gasteiger partial charge in [0.15, 0.2) is 12.6 Å². The number of nitrogens with zero attached hydrogens (tertiary/aromatic N) is 5. The van der Waals surface area contributed by atoms with Crippen LogP contribution in [0.1, 0.15) is 38.2 Å². The first-order chi connectivity index (χ1) is 22.8. The smallest absolute Gasteiger partial charge is 0.319 e. The van der Waals surface area contributed by atoms with Crippen LogP contribution in [0.4, 0.5) is 19.0 Å². The van der Waals surface area contributed by atoms with Crippen LogP contribution in [0, 0.1) is 11.6 Å². The van der Waals surface area contributed by atoms with Crippen LogP contribution >= 0.6 is 0 Å². The Hall–Kier alpha value is -3.94. The molecule has 10 nitrogen and oxygen atoms in total. The zero-order valence-electron chi connectivity index (χ0n) is 26.7. The molecule has 0 aliphatic carbocycles. The zero-order chi connectivity index (χ0) is 32.9. The predicted molar refractivity (Wildman–Crippen MR) is 170 cm³/mol. The monoisotopic (exact) mass is 653 g/mol. The van der Waals surface area contributed by atoms with E-state index in [1.807, 2.05) is 11.8 Å². The van der Waals surface area contributed by atoms with Gasteiger partial charge in [-0.3, -0.25) is 4.90 Å². The number of likely N-dealkylation sites (N-methyl/N-ethyl adjacent to an activating group) is 1. The fraction of sp³-hybridized carbons (Fsp3) is 0.500. The lowest BCUT2D eigenvalue weighted by molar-refractivity contribution is 0.0512. The molecule has 47 heavy (non-hydrogen) atoms. The first-order valence-corrected chi connectivity index (χ1v) is 16.0. The number of rotatable bonds is 10. The van der Waals surface area contributed by atoms with Gasteiger partial charge in [0.1, 0.15) is 53.4 Å². The summed E-state index contributed by atoms with van der Waals surface area (Å²) in [5.74, 6) is -0.357. The van der Waals surface area contributed by atoms with Crippen molar-refractivity contribution in [3.8, 4) is 28.9 Å². The van der Waals surface area contributed by atoms with Crippen LogP contribution < -0.4 is 19.1 Å². The van der Waals surface area contributed by atoms with Crippen molar-refractivity contribution in [1.29, 1.82) is 0 Å². The number of halogens is 3. The van der Waals surface area contributed by atoms with Crippen molar-refractivity contribution in [1.82, 2.24) is 19.9 Å². The molecule has 0 bridgehead atoms. The summed E-state index contributed by atoms with van der Waals surface area (Å²) in [5.41, 5.74) is 0.0631. The SMILES string of the molecule is CCc1c(F)ccc2cc(OCOC)cc(-c3nc4c5c(nc(OC[C@@]67CCCN6C[C@H](F)C7)nc5c3F)N(C)[C@@H](CCO)CO4)c12. The maximum absolute atomic E-state index is 17.1.